The molecule has 114 valence electrons. The Morgan fingerprint density at radius 2 is 2.14 bits per heavy atom. The molecule has 0 aliphatic heterocycles. The summed E-state index contributed by atoms with van der Waals surface area (Å²) in [7, 11) is 0. The number of nitrogens with zero attached hydrogens (tertiary/aromatic N) is 2. The minimum Gasteiger partial charge on any atom is -0.324 e. The molecule has 0 saturated carbocycles. The first-order valence-corrected chi connectivity index (χ1v) is 9.17. The quantitative estimate of drug-likeness (QED) is 0.627. The van der Waals surface area contributed by atoms with E-state index in [0.717, 1.165) is 43.0 Å². The molecule has 21 heavy (non-hydrogen) atoms. The van der Waals surface area contributed by atoms with E-state index in [1.54, 1.807) is 0 Å². The van der Waals surface area contributed by atoms with Crippen LogP contribution in [0.4, 0.5) is 0 Å². The van der Waals surface area contributed by atoms with Gasteiger partial charge in [-0.1, -0.05) is 34.5 Å². The number of nitrogens with two attached hydrogens (primary N) is 1. The number of rotatable bonds is 5. The van der Waals surface area contributed by atoms with Crippen LogP contribution in [0.15, 0.2) is 22.7 Å². The van der Waals surface area contributed by atoms with Crippen molar-refractivity contribution in [1.29, 1.82) is 0 Å². The van der Waals surface area contributed by atoms with Gasteiger partial charge in [-0.2, -0.15) is 5.10 Å². The van der Waals surface area contributed by atoms with E-state index in [1.165, 1.54) is 0 Å². The van der Waals surface area contributed by atoms with Crippen molar-refractivity contribution in [3.63, 3.8) is 0 Å². The molecule has 2 rings (SSSR count). The summed E-state index contributed by atoms with van der Waals surface area (Å²) in [6.07, 6.45) is 1.52. The highest BCUT2D eigenvalue weighted by Crippen LogP contribution is 2.29. The van der Waals surface area contributed by atoms with Gasteiger partial charge in [-0.05, 0) is 59.7 Å². The average molecular weight is 483 g/mol. The van der Waals surface area contributed by atoms with Crippen LogP contribution in [0.2, 0.25) is 5.02 Å². The van der Waals surface area contributed by atoms with Crippen molar-refractivity contribution < 1.29 is 0 Å². The van der Waals surface area contributed by atoms with Crippen molar-refractivity contribution in [2.45, 2.75) is 39.3 Å². The van der Waals surface area contributed by atoms with Gasteiger partial charge in [0.05, 0.1) is 16.4 Å². The molecule has 3 nitrogen and oxygen atoms in total. The predicted octanol–water partition coefficient (Wildman–Crippen LogP) is 4.73. The number of aryl methyl sites for hydroxylation is 2. The SMILES string of the molecule is CCc1nn(CC)c(CC(N)c2cc(Br)ccc2I)c1Cl. The number of halogens is 3. The fourth-order valence-electron chi connectivity index (χ4n) is 2.33. The number of hydrogen-bond acceptors (Lipinski definition) is 2. The van der Waals surface area contributed by atoms with E-state index in [0.29, 0.717) is 6.42 Å². The van der Waals surface area contributed by atoms with Crippen LogP contribution >= 0.6 is 50.1 Å². The van der Waals surface area contributed by atoms with Crippen molar-refractivity contribution in [2.24, 2.45) is 5.73 Å². The third kappa shape index (κ3) is 3.81. The van der Waals surface area contributed by atoms with E-state index in [1.807, 2.05) is 10.7 Å². The lowest BCUT2D eigenvalue weighted by Crippen LogP contribution is -2.17. The van der Waals surface area contributed by atoms with Crippen molar-refractivity contribution in [1.82, 2.24) is 9.78 Å². The fourth-order valence-corrected chi connectivity index (χ4v) is 3.79. The Morgan fingerprint density at radius 1 is 1.43 bits per heavy atom. The van der Waals surface area contributed by atoms with Crippen molar-refractivity contribution >= 4 is 50.1 Å². The number of hydrogen-bond donors (Lipinski definition) is 1. The molecule has 0 spiro atoms. The molecule has 1 unspecified atom stereocenters. The summed E-state index contributed by atoms with van der Waals surface area (Å²) < 4.78 is 4.17. The second-order valence-electron chi connectivity index (χ2n) is 4.85. The summed E-state index contributed by atoms with van der Waals surface area (Å²) in [5.41, 5.74) is 9.52. The van der Waals surface area contributed by atoms with Gasteiger partial charge in [0.15, 0.2) is 0 Å². The number of benzene rings is 1. The molecule has 1 aromatic heterocycles. The van der Waals surface area contributed by atoms with E-state index in [2.05, 4.69) is 69.6 Å². The zero-order valence-electron chi connectivity index (χ0n) is 12.0. The third-order valence-electron chi connectivity index (χ3n) is 3.46. The maximum Gasteiger partial charge on any atom is 0.0850 e. The number of aromatic nitrogens is 2. The Hall–Kier alpha value is -0.110. The highest BCUT2D eigenvalue weighted by molar-refractivity contribution is 14.1. The van der Waals surface area contributed by atoms with E-state index < -0.39 is 0 Å². The fraction of sp³-hybridized carbons (Fsp3) is 0.400. The van der Waals surface area contributed by atoms with Crippen LogP contribution in [0, 0.1) is 3.57 Å². The van der Waals surface area contributed by atoms with Gasteiger partial charge in [0.1, 0.15) is 0 Å². The van der Waals surface area contributed by atoms with Crippen LogP contribution in [0.25, 0.3) is 0 Å². The molecule has 1 heterocycles. The van der Waals surface area contributed by atoms with Crippen molar-refractivity contribution in [3.05, 3.63) is 48.2 Å². The molecule has 2 N–H and O–H groups in total. The van der Waals surface area contributed by atoms with Gasteiger partial charge < -0.3 is 5.73 Å². The second kappa shape index (κ2) is 7.44. The molecule has 6 heteroatoms. The largest absolute Gasteiger partial charge is 0.324 e. The maximum atomic E-state index is 6.46. The second-order valence-corrected chi connectivity index (χ2v) is 7.31. The third-order valence-corrected chi connectivity index (χ3v) is 5.38. The summed E-state index contributed by atoms with van der Waals surface area (Å²) in [6.45, 7) is 4.94. The molecule has 2 aromatic rings. The Labute approximate surface area is 152 Å². The first-order valence-electron chi connectivity index (χ1n) is 6.92. The highest BCUT2D eigenvalue weighted by atomic mass is 127. The van der Waals surface area contributed by atoms with Gasteiger partial charge in [-0.25, -0.2) is 0 Å². The van der Waals surface area contributed by atoms with Gasteiger partial charge in [0.2, 0.25) is 0 Å². The summed E-state index contributed by atoms with van der Waals surface area (Å²) in [5, 5.41) is 5.32. The molecule has 0 aliphatic carbocycles. The molecule has 0 bridgehead atoms. The Morgan fingerprint density at radius 3 is 2.76 bits per heavy atom. The zero-order chi connectivity index (χ0) is 15.6. The van der Waals surface area contributed by atoms with Gasteiger partial charge in [-0.15, -0.1) is 0 Å². The van der Waals surface area contributed by atoms with Crippen LogP contribution in [-0.4, -0.2) is 9.78 Å². The van der Waals surface area contributed by atoms with Gasteiger partial charge >= 0.3 is 0 Å². The Bertz CT molecular complexity index is 642. The lowest BCUT2D eigenvalue weighted by molar-refractivity contribution is 0.584. The van der Waals surface area contributed by atoms with E-state index in [9.17, 15) is 0 Å². The Balaban J connectivity index is 2.33. The standard InChI is InChI=1S/C15H18BrClIN3/c1-3-13-15(17)14(21(4-2)20-13)8-12(19)10-7-9(16)5-6-11(10)18/h5-7,12H,3-4,8,19H2,1-2H3. The lowest BCUT2D eigenvalue weighted by atomic mass is 10.0. The lowest BCUT2D eigenvalue weighted by Gasteiger charge is -2.15. The smallest absolute Gasteiger partial charge is 0.0850 e. The molecule has 1 aromatic carbocycles. The van der Waals surface area contributed by atoms with Crippen molar-refractivity contribution in [2.75, 3.05) is 0 Å². The normalized spacial score (nSPS) is 12.7. The Kier molecular flexibility index (Phi) is 6.11. The van der Waals surface area contributed by atoms with E-state index in [4.69, 9.17) is 17.3 Å². The average Bonchev–Trinajstić information content (AvgIpc) is 2.77. The van der Waals surface area contributed by atoms with Gasteiger partial charge in [0.25, 0.3) is 0 Å². The first kappa shape index (κ1) is 17.2. The zero-order valence-corrected chi connectivity index (χ0v) is 16.5. The molecule has 1 atom stereocenters. The predicted molar refractivity (Wildman–Crippen MR) is 99.8 cm³/mol. The molecular formula is C15H18BrClIN3. The van der Waals surface area contributed by atoms with Crippen LogP contribution in [-0.2, 0) is 19.4 Å². The molecular weight excluding hydrogens is 464 g/mol. The first-order chi connectivity index (χ1) is 9.97. The van der Waals surface area contributed by atoms with Crippen LogP contribution in [0.5, 0.6) is 0 Å². The molecule has 0 saturated heterocycles. The van der Waals surface area contributed by atoms with Crippen LogP contribution in [0.3, 0.4) is 0 Å². The monoisotopic (exact) mass is 481 g/mol. The van der Waals surface area contributed by atoms with Crippen LogP contribution < -0.4 is 5.73 Å². The van der Waals surface area contributed by atoms with Gasteiger partial charge in [-0.3, -0.25) is 4.68 Å². The molecule has 0 fully saturated rings. The molecule has 0 aliphatic rings. The van der Waals surface area contributed by atoms with E-state index >= 15 is 0 Å². The van der Waals surface area contributed by atoms with E-state index in [-0.39, 0.29) is 6.04 Å². The minimum absolute atomic E-state index is 0.0985. The molecule has 0 radical (unpaired) electrons. The topological polar surface area (TPSA) is 43.8 Å². The molecule has 0 amide bonds. The minimum atomic E-state index is -0.0985. The highest BCUT2D eigenvalue weighted by Gasteiger charge is 2.19. The van der Waals surface area contributed by atoms with Crippen LogP contribution in [0.1, 0.15) is 36.8 Å². The maximum absolute atomic E-state index is 6.46. The summed E-state index contributed by atoms with van der Waals surface area (Å²) in [5.74, 6) is 0. The summed E-state index contributed by atoms with van der Waals surface area (Å²) >= 11 is 12.3. The summed E-state index contributed by atoms with van der Waals surface area (Å²) in [6, 6.07) is 6.07. The van der Waals surface area contributed by atoms with Crippen molar-refractivity contribution in [3.8, 4) is 0 Å². The summed E-state index contributed by atoms with van der Waals surface area (Å²) in [4.78, 5) is 0. The van der Waals surface area contributed by atoms with Gasteiger partial charge in [0, 0.05) is 27.1 Å².